The molecule has 12 heavy (non-hydrogen) atoms. The molecule has 62 valence electrons. The number of aliphatic carboxylic acids is 1. The summed E-state index contributed by atoms with van der Waals surface area (Å²) in [4.78, 5) is 10.2. The van der Waals surface area contributed by atoms with Crippen molar-refractivity contribution in [1.29, 1.82) is 0 Å². The Labute approximate surface area is 110 Å². The van der Waals surface area contributed by atoms with Gasteiger partial charge in [0.15, 0.2) is 6.10 Å². The number of rotatable bonds is 2. The molecule has 1 atom stereocenters. The number of carboxylic acids is 1. The molecule has 0 saturated carbocycles. The van der Waals surface area contributed by atoms with Crippen LogP contribution < -0.4 is 0 Å². The van der Waals surface area contributed by atoms with Crippen LogP contribution in [0.15, 0.2) is 30.3 Å². The molecule has 2 N–H and O–H groups in total. The average Bonchev–Trinajstić information content (AvgIpc) is 2.05. The molecule has 1 aromatic carbocycles. The molecule has 0 bridgehead atoms. The van der Waals surface area contributed by atoms with Gasteiger partial charge in [-0.15, -0.1) is 0 Å². The van der Waals surface area contributed by atoms with E-state index in [-0.39, 0.29) is 48.3 Å². The molecule has 1 unspecified atom stereocenters. The average molecular weight is 242 g/mol. The first-order valence-corrected chi connectivity index (χ1v) is 3.17. The molecule has 4 heteroatoms. The summed E-state index contributed by atoms with van der Waals surface area (Å²) in [6.45, 7) is 0. The summed E-state index contributed by atoms with van der Waals surface area (Å²) in [6.07, 6.45) is -1.41. The van der Waals surface area contributed by atoms with Gasteiger partial charge in [-0.2, -0.15) is 0 Å². The van der Waals surface area contributed by atoms with Gasteiger partial charge in [0.25, 0.3) is 0 Å². The van der Waals surface area contributed by atoms with Crippen molar-refractivity contribution >= 4 is 51.5 Å². The van der Waals surface area contributed by atoms with E-state index in [0.717, 1.165) is 0 Å². The van der Waals surface area contributed by atoms with Gasteiger partial charge < -0.3 is 13.1 Å². The Kier molecular flexibility index (Phi) is 5.78. The van der Waals surface area contributed by atoms with Gasteiger partial charge in [0.05, 0.1) is 0 Å². The van der Waals surface area contributed by atoms with Gasteiger partial charge in [-0.3, -0.25) is 0 Å². The number of benzene rings is 1. The van der Waals surface area contributed by atoms with E-state index in [1.807, 2.05) is 0 Å². The summed E-state index contributed by atoms with van der Waals surface area (Å²) in [5, 5.41) is 17.4. The normalized spacial score (nSPS) is 11.4. The van der Waals surface area contributed by atoms with Crippen molar-refractivity contribution in [2.24, 2.45) is 0 Å². The first-order chi connectivity index (χ1) is 5.22. The molecule has 0 radical (unpaired) electrons. The Morgan fingerprint density at radius 2 is 1.83 bits per heavy atom. The van der Waals surface area contributed by atoms with E-state index < -0.39 is 12.1 Å². The Bertz CT molecular complexity index is 256. The van der Waals surface area contributed by atoms with Gasteiger partial charge in [0.2, 0.25) is 0 Å². The summed E-state index contributed by atoms with van der Waals surface area (Å²) in [7, 11) is 0. The maximum Gasteiger partial charge on any atom is 2.00 e. The van der Waals surface area contributed by atoms with Crippen LogP contribution in [0.3, 0.4) is 0 Å². The number of hydrogen-bond donors (Lipinski definition) is 2. The fourth-order valence-corrected chi connectivity index (χ4v) is 0.778. The monoisotopic (exact) mass is 242 g/mol. The standard InChI is InChI=1S/C8H8O3.Sr.2H/c9-7(8(10)11)6-4-2-1-3-5-6;;;/h1-5,7,9H,(H,10,11);;;/q;+2;2*-1. The maximum atomic E-state index is 10.2. The molecule has 3 nitrogen and oxygen atoms in total. The molecule has 0 amide bonds. The van der Waals surface area contributed by atoms with Crippen LogP contribution in [0.4, 0.5) is 0 Å². The number of carboxylic acid groups (broad SMARTS) is 1. The molecular weight excluding hydrogens is 232 g/mol. The molecule has 0 spiro atoms. The largest absolute Gasteiger partial charge is 2.00 e. The summed E-state index contributed by atoms with van der Waals surface area (Å²) >= 11 is 0. The molecule has 0 aromatic heterocycles. The van der Waals surface area contributed by atoms with Gasteiger partial charge in [0.1, 0.15) is 0 Å². The molecule has 0 heterocycles. The molecule has 1 rings (SSSR count). The van der Waals surface area contributed by atoms with Crippen molar-refractivity contribution in [3.63, 3.8) is 0 Å². The zero-order chi connectivity index (χ0) is 8.27. The molecular formula is C8H10O3Sr. The quantitative estimate of drug-likeness (QED) is 0.748. The van der Waals surface area contributed by atoms with Crippen molar-refractivity contribution in [3.05, 3.63) is 35.9 Å². The van der Waals surface area contributed by atoms with E-state index in [9.17, 15) is 4.79 Å². The molecule has 0 saturated heterocycles. The number of aliphatic hydroxyl groups is 1. The van der Waals surface area contributed by atoms with Crippen LogP contribution in [-0.2, 0) is 4.79 Å². The third-order valence-electron chi connectivity index (χ3n) is 1.35. The van der Waals surface area contributed by atoms with Crippen LogP contribution in [0.25, 0.3) is 0 Å². The van der Waals surface area contributed by atoms with Crippen LogP contribution >= 0.6 is 0 Å². The van der Waals surface area contributed by atoms with Crippen LogP contribution in [0.1, 0.15) is 14.5 Å². The van der Waals surface area contributed by atoms with E-state index in [0.29, 0.717) is 5.56 Å². The molecule has 1 aromatic rings. The van der Waals surface area contributed by atoms with Crippen LogP contribution in [0, 0.1) is 0 Å². The van der Waals surface area contributed by atoms with Crippen LogP contribution in [0.2, 0.25) is 0 Å². The summed E-state index contributed by atoms with van der Waals surface area (Å²) < 4.78 is 0. The van der Waals surface area contributed by atoms with Gasteiger partial charge >= 0.3 is 51.5 Å². The van der Waals surface area contributed by atoms with E-state index in [2.05, 4.69) is 0 Å². The van der Waals surface area contributed by atoms with Gasteiger partial charge in [-0.05, 0) is 5.56 Å². The summed E-state index contributed by atoms with van der Waals surface area (Å²) in [6, 6.07) is 8.26. The topological polar surface area (TPSA) is 57.5 Å². The molecule has 0 aliphatic carbocycles. The maximum absolute atomic E-state index is 10.2. The minimum atomic E-state index is -1.41. The van der Waals surface area contributed by atoms with E-state index in [1.165, 1.54) is 0 Å². The van der Waals surface area contributed by atoms with Gasteiger partial charge in [0, 0.05) is 0 Å². The Morgan fingerprint density at radius 3 is 2.25 bits per heavy atom. The Morgan fingerprint density at radius 1 is 1.33 bits per heavy atom. The van der Waals surface area contributed by atoms with Crippen molar-refractivity contribution < 1.29 is 17.9 Å². The second-order valence-corrected chi connectivity index (χ2v) is 2.15. The predicted octanol–water partition coefficient (Wildman–Crippen LogP) is 0.649. The van der Waals surface area contributed by atoms with Crippen molar-refractivity contribution in [3.8, 4) is 0 Å². The van der Waals surface area contributed by atoms with E-state index >= 15 is 0 Å². The SMILES string of the molecule is O=C(O)C(O)c1ccccc1.[H-].[H-].[Sr+2]. The number of carbonyl (C=O) groups is 1. The van der Waals surface area contributed by atoms with Crippen LogP contribution in [-0.4, -0.2) is 61.7 Å². The zero-order valence-electron chi connectivity index (χ0n) is 8.47. The fraction of sp³-hybridized carbons (Fsp3) is 0.125. The molecule has 0 aliphatic heterocycles. The Hall–Kier alpha value is 0.131. The van der Waals surface area contributed by atoms with Crippen LogP contribution in [0.5, 0.6) is 0 Å². The minimum absolute atomic E-state index is 0. The van der Waals surface area contributed by atoms with Crippen molar-refractivity contribution in [1.82, 2.24) is 0 Å². The van der Waals surface area contributed by atoms with Gasteiger partial charge in [-0.25, -0.2) is 4.79 Å². The summed E-state index contributed by atoms with van der Waals surface area (Å²) in [5.41, 5.74) is 0.403. The smallest absolute Gasteiger partial charge is 1.00 e. The fourth-order valence-electron chi connectivity index (χ4n) is 0.778. The second-order valence-electron chi connectivity index (χ2n) is 2.15. The Balaban J connectivity index is -0.000000403. The zero-order valence-corrected chi connectivity index (χ0v) is 9.95. The van der Waals surface area contributed by atoms with E-state index in [4.69, 9.17) is 10.2 Å². The number of aliphatic hydroxyl groups excluding tert-OH is 1. The van der Waals surface area contributed by atoms with E-state index in [1.54, 1.807) is 30.3 Å². The second kappa shape index (κ2) is 5.72. The first kappa shape index (κ1) is 12.1. The number of hydrogen-bond acceptors (Lipinski definition) is 2. The van der Waals surface area contributed by atoms with Crippen molar-refractivity contribution in [2.45, 2.75) is 6.10 Å². The molecule has 0 aliphatic rings. The first-order valence-electron chi connectivity index (χ1n) is 3.17. The third-order valence-corrected chi connectivity index (χ3v) is 1.35. The minimum Gasteiger partial charge on any atom is -1.00 e. The predicted molar refractivity (Wildman–Crippen MR) is 47.0 cm³/mol. The van der Waals surface area contributed by atoms with Crippen molar-refractivity contribution in [2.75, 3.05) is 0 Å². The summed E-state index contributed by atoms with van der Waals surface area (Å²) in [5.74, 6) is -1.23. The van der Waals surface area contributed by atoms with Gasteiger partial charge in [-0.1, -0.05) is 30.3 Å². The third kappa shape index (κ3) is 3.25. The molecule has 0 fully saturated rings.